The highest BCUT2D eigenvalue weighted by Crippen LogP contribution is 2.07. The van der Waals surface area contributed by atoms with Gasteiger partial charge in [-0.3, -0.25) is 20.0 Å². The Morgan fingerprint density at radius 3 is 2.36 bits per heavy atom. The maximum Gasteiger partial charge on any atom is 0.328 e. The number of pyridine rings is 2. The highest BCUT2D eigenvalue weighted by Gasteiger charge is 2.26. The van der Waals surface area contributed by atoms with Crippen LogP contribution in [0.15, 0.2) is 52.7 Å². The molecule has 0 saturated carbocycles. The summed E-state index contributed by atoms with van der Waals surface area (Å²) in [6.45, 7) is 9.10. The molecule has 0 aromatic carbocycles. The van der Waals surface area contributed by atoms with Gasteiger partial charge >= 0.3 is 6.03 Å². The molecule has 4 N–H and O–H groups in total. The van der Waals surface area contributed by atoms with Crippen molar-refractivity contribution in [3.05, 3.63) is 59.7 Å². The summed E-state index contributed by atoms with van der Waals surface area (Å²) in [5, 5.41) is 6.33. The largest absolute Gasteiger partial charge is 0.351 e. The van der Waals surface area contributed by atoms with Gasteiger partial charge in [-0.15, -0.1) is 6.42 Å². The zero-order chi connectivity index (χ0) is 26.4. The van der Waals surface area contributed by atoms with Gasteiger partial charge in [0, 0.05) is 42.4 Å². The van der Waals surface area contributed by atoms with Crippen LogP contribution in [0, 0.1) is 19.3 Å². The molecule has 0 aliphatic carbocycles. The molecule has 0 aliphatic heterocycles. The average molecular weight is 491 g/mol. The van der Waals surface area contributed by atoms with Crippen molar-refractivity contribution in [2.24, 2.45) is 15.7 Å². The number of aliphatic imine (C=N–C) groups is 2. The fourth-order valence-electron chi connectivity index (χ4n) is 3.35. The van der Waals surface area contributed by atoms with Crippen LogP contribution in [-0.2, 0) is 12.8 Å². The van der Waals surface area contributed by atoms with E-state index in [1.165, 1.54) is 4.90 Å². The quantitative estimate of drug-likeness (QED) is 0.216. The Hall–Kier alpha value is -3.93. The van der Waals surface area contributed by atoms with E-state index in [0.29, 0.717) is 19.0 Å². The van der Waals surface area contributed by atoms with Crippen LogP contribution in [0.1, 0.15) is 50.6 Å². The lowest BCUT2D eigenvalue weighted by Gasteiger charge is -2.30. The van der Waals surface area contributed by atoms with Crippen molar-refractivity contribution in [2.75, 3.05) is 19.6 Å². The smallest absolute Gasteiger partial charge is 0.328 e. The fourth-order valence-corrected chi connectivity index (χ4v) is 3.35. The van der Waals surface area contributed by atoms with Crippen molar-refractivity contribution < 1.29 is 4.79 Å². The molecule has 9 nitrogen and oxygen atoms in total. The Balaban J connectivity index is 2.21. The number of nitrogens with two attached hydrogens (primary N) is 1. The van der Waals surface area contributed by atoms with Gasteiger partial charge in [0.1, 0.15) is 0 Å². The van der Waals surface area contributed by atoms with E-state index in [2.05, 4.69) is 36.5 Å². The van der Waals surface area contributed by atoms with Gasteiger partial charge in [-0.25, -0.2) is 9.69 Å². The number of aromatic nitrogens is 2. The van der Waals surface area contributed by atoms with Crippen LogP contribution in [0.5, 0.6) is 0 Å². The van der Waals surface area contributed by atoms with Gasteiger partial charge < -0.3 is 16.4 Å². The molecule has 2 amide bonds. The predicted octanol–water partition coefficient (Wildman–Crippen LogP) is 3.05. The molecule has 0 radical (unpaired) electrons. The molecule has 2 heterocycles. The number of carbonyl (C=O) groups excluding carboxylic acids is 1. The maximum absolute atomic E-state index is 12.6. The molecule has 0 saturated heterocycles. The van der Waals surface area contributed by atoms with Crippen LogP contribution in [0.2, 0.25) is 0 Å². The first-order valence-corrected chi connectivity index (χ1v) is 12.2. The third kappa shape index (κ3) is 10.1. The number of carbonyl (C=O) groups is 1. The van der Waals surface area contributed by atoms with Crippen LogP contribution in [-0.4, -0.2) is 58.0 Å². The minimum Gasteiger partial charge on any atom is -0.351 e. The second-order valence-corrected chi connectivity index (χ2v) is 9.31. The molecule has 0 spiro atoms. The van der Waals surface area contributed by atoms with Crippen molar-refractivity contribution in [3.8, 4) is 12.3 Å². The summed E-state index contributed by atoms with van der Waals surface area (Å²) in [7, 11) is 0. The summed E-state index contributed by atoms with van der Waals surface area (Å²) < 4.78 is 0. The summed E-state index contributed by atoms with van der Waals surface area (Å²) in [6.07, 6.45) is 12.1. The van der Waals surface area contributed by atoms with Gasteiger partial charge in [0.2, 0.25) is 11.9 Å². The number of hydrogen-bond acceptors (Lipinski definition) is 5. The number of amides is 2. The van der Waals surface area contributed by atoms with Gasteiger partial charge in [-0.2, -0.15) is 0 Å². The molecular weight excluding hydrogens is 452 g/mol. The second-order valence-electron chi connectivity index (χ2n) is 9.31. The van der Waals surface area contributed by atoms with E-state index in [4.69, 9.17) is 12.2 Å². The lowest BCUT2D eigenvalue weighted by Crippen LogP contribution is -2.58. The number of terminal acetylenes is 1. The van der Waals surface area contributed by atoms with Gasteiger partial charge in [0.15, 0.2) is 0 Å². The van der Waals surface area contributed by atoms with Crippen LogP contribution in [0.4, 0.5) is 4.79 Å². The standard InChI is InChI=1S/C27H38N8O/c1-6-16-31-25(32-20-11-15-23-21(2)12-9-18-30-23)35(24(28)36)26(34-27(3,4)5)33-19-10-14-22-13-7-8-17-29-22/h1,7-9,12-13,17-18H,10-11,14-16,19-20H2,2-5H3,(H2,28,36)(H,31,32)(H,33,34). The number of primary amides is 1. The number of nitrogens with one attached hydrogen (secondary N) is 2. The van der Waals surface area contributed by atoms with E-state index < -0.39 is 6.03 Å². The van der Waals surface area contributed by atoms with Crippen molar-refractivity contribution in [1.29, 1.82) is 0 Å². The van der Waals surface area contributed by atoms with E-state index in [1.54, 1.807) is 12.4 Å². The second kappa shape index (κ2) is 14.5. The Bertz CT molecular complexity index is 1070. The third-order valence-corrected chi connectivity index (χ3v) is 5.01. The first kappa shape index (κ1) is 28.3. The van der Waals surface area contributed by atoms with E-state index in [0.717, 1.165) is 42.6 Å². The summed E-state index contributed by atoms with van der Waals surface area (Å²) in [6, 6.07) is 9.08. The minimum atomic E-state index is -0.709. The molecule has 0 unspecified atom stereocenters. The summed E-state index contributed by atoms with van der Waals surface area (Å²) in [4.78, 5) is 32.0. The average Bonchev–Trinajstić information content (AvgIpc) is 2.83. The number of hydrogen-bond donors (Lipinski definition) is 3. The van der Waals surface area contributed by atoms with Gasteiger partial charge in [0.25, 0.3) is 0 Å². The molecule has 0 aliphatic rings. The molecule has 2 aromatic heterocycles. The first-order valence-electron chi connectivity index (χ1n) is 12.2. The molecule has 0 bridgehead atoms. The van der Waals surface area contributed by atoms with Crippen molar-refractivity contribution in [2.45, 2.75) is 58.9 Å². The topological polar surface area (TPSA) is 121 Å². The van der Waals surface area contributed by atoms with Crippen LogP contribution >= 0.6 is 0 Å². The molecule has 9 heteroatoms. The lowest BCUT2D eigenvalue weighted by atomic mass is 10.1. The lowest BCUT2D eigenvalue weighted by molar-refractivity contribution is 0.239. The van der Waals surface area contributed by atoms with Crippen LogP contribution in [0.25, 0.3) is 0 Å². The van der Waals surface area contributed by atoms with Gasteiger partial charge in [-0.05, 0) is 77.1 Å². The number of urea groups is 1. The molecule has 0 fully saturated rings. The minimum absolute atomic E-state index is 0.185. The van der Waals surface area contributed by atoms with Crippen LogP contribution < -0.4 is 16.4 Å². The van der Waals surface area contributed by atoms with Crippen molar-refractivity contribution in [1.82, 2.24) is 25.5 Å². The number of aryl methyl sites for hydroxylation is 3. The Labute approximate surface area is 214 Å². The zero-order valence-corrected chi connectivity index (χ0v) is 21.8. The molecule has 2 aromatic rings. The highest BCUT2D eigenvalue weighted by atomic mass is 16.2. The molecule has 36 heavy (non-hydrogen) atoms. The summed E-state index contributed by atoms with van der Waals surface area (Å²) in [5.74, 6) is 3.11. The third-order valence-electron chi connectivity index (χ3n) is 5.01. The number of rotatable bonds is 9. The molecule has 0 atom stereocenters. The fraction of sp³-hybridized carbons (Fsp3) is 0.444. The van der Waals surface area contributed by atoms with E-state index in [1.807, 2.05) is 58.0 Å². The predicted molar refractivity (Wildman–Crippen MR) is 146 cm³/mol. The summed E-state index contributed by atoms with van der Waals surface area (Å²) >= 11 is 0. The van der Waals surface area contributed by atoms with E-state index in [-0.39, 0.29) is 18.0 Å². The monoisotopic (exact) mass is 490 g/mol. The van der Waals surface area contributed by atoms with Crippen LogP contribution in [0.3, 0.4) is 0 Å². The highest BCUT2D eigenvalue weighted by molar-refractivity contribution is 6.12. The van der Waals surface area contributed by atoms with Crippen molar-refractivity contribution in [3.63, 3.8) is 0 Å². The molecular formula is C27H38N8O. The number of guanidine groups is 2. The Kier molecular flexibility index (Phi) is 11.4. The van der Waals surface area contributed by atoms with Crippen molar-refractivity contribution >= 4 is 18.0 Å². The van der Waals surface area contributed by atoms with E-state index >= 15 is 0 Å². The molecule has 2 rings (SSSR count). The maximum atomic E-state index is 12.6. The van der Waals surface area contributed by atoms with Gasteiger partial charge in [-0.1, -0.05) is 18.1 Å². The summed E-state index contributed by atoms with van der Waals surface area (Å²) in [5.41, 5.74) is 8.60. The normalized spacial score (nSPS) is 12.1. The molecule has 192 valence electrons. The number of nitrogens with zero attached hydrogens (tertiary/aromatic N) is 5. The van der Waals surface area contributed by atoms with E-state index in [9.17, 15) is 4.79 Å². The SMILES string of the molecule is C#CCNC(=NCCCc1ncccc1C)N(C(N)=O)C(=NCCCc1ccccn1)NC(C)(C)C. The zero-order valence-electron chi connectivity index (χ0n) is 21.8. The Morgan fingerprint density at radius 1 is 1.06 bits per heavy atom. The first-order chi connectivity index (χ1) is 17.2. The Morgan fingerprint density at radius 2 is 1.75 bits per heavy atom. The van der Waals surface area contributed by atoms with Gasteiger partial charge in [0.05, 0.1) is 6.54 Å².